The van der Waals surface area contributed by atoms with E-state index in [2.05, 4.69) is 15.2 Å². The van der Waals surface area contributed by atoms with E-state index in [0.717, 1.165) is 12.8 Å². The van der Waals surface area contributed by atoms with Gasteiger partial charge in [0, 0.05) is 0 Å². The van der Waals surface area contributed by atoms with Crippen molar-refractivity contribution >= 4 is 5.97 Å². The molecule has 1 atom stereocenters. The van der Waals surface area contributed by atoms with Crippen molar-refractivity contribution in [3.8, 4) is 0 Å². The summed E-state index contributed by atoms with van der Waals surface area (Å²) in [5.74, 6) is 0.513. The number of aromatic amines is 1. The van der Waals surface area contributed by atoms with Crippen molar-refractivity contribution < 1.29 is 9.53 Å². The van der Waals surface area contributed by atoms with Gasteiger partial charge in [0.1, 0.15) is 5.82 Å². The van der Waals surface area contributed by atoms with Gasteiger partial charge in [-0.1, -0.05) is 0 Å². The van der Waals surface area contributed by atoms with Crippen LogP contribution in [0.2, 0.25) is 0 Å². The highest BCUT2D eigenvalue weighted by Gasteiger charge is 2.42. The van der Waals surface area contributed by atoms with Gasteiger partial charge >= 0.3 is 5.97 Å². The number of rotatable bonds is 4. The summed E-state index contributed by atoms with van der Waals surface area (Å²) in [6, 6.07) is 0. The monoisotopic (exact) mass is 224 g/mol. The number of aromatic nitrogens is 3. The van der Waals surface area contributed by atoms with E-state index in [1.807, 2.05) is 6.92 Å². The average molecular weight is 224 g/mol. The van der Waals surface area contributed by atoms with E-state index in [1.165, 1.54) is 0 Å². The molecule has 88 valence electrons. The van der Waals surface area contributed by atoms with Gasteiger partial charge in [-0.05, 0) is 32.6 Å². The van der Waals surface area contributed by atoms with Crippen LogP contribution in [0.5, 0.6) is 0 Å². The molecule has 1 aromatic heterocycles. The van der Waals surface area contributed by atoms with Crippen LogP contribution in [0.1, 0.15) is 43.1 Å². The molecule has 0 aromatic carbocycles. The Morgan fingerprint density at radius 1 is 1.69 bits per heavy atom. The van der Waals surface area contributed by atoms with E-state index >= 15 is 0 Å². The molecule has 1 aromatic rings. The van der Waals surface area contributed by atoms with E-state index in [0.29, 0.717) is 18.3 Å². The number of hydrogen-bond acceptors (Lipinski definition) is 5. The number of carbonyl (C=O) groups excluding carboxylic acids is 1. The van der Waals surface area contributed by atoms with E-state index in [4.69, 9.17) is 10.5 Å². The summed E-state index contributed by atoms with van der Waals surface area (Å²) in [5, 5.41) is 6.54. The van der Waals surface area contributed by atoms with Gasteiger partial charge in [0.05, 0.1) is 12.1 Å². The van der Waals surface area contributed by atoms with Gasteiger partial charge in [-0.2, -0.15) is 0 Å². The highest BCUT2D eigenvalue weighted by atomic mass is 16.5. The summed E-state index contributed by atoms with van der Waals surface area (Å²) in [4.78, 5) is 15.5. The number of esters is 1. The lowest BCUT2D eigenvalue weighted by Gasteiger charge is -2.20. The van der Waals surface area contributed by atoms with Crippen LogP contribution < -0.4 is 5.73 Å². The molecule has 0 spiro atoms. The second kappa shape index (κ2) is 3.86. The number of nitrogens with one attached hydrogen (secondary N) is 1. The molecule has 2 rings (SSSR count). The molecule has 0 radical (unpaired) electrons. The minimum Gasteiger partial charge on any atom is -0.460 e. The zero-order chi connectivity index (χ0) is 11.8. The van der Waals surface area contributed by atoms with Crippen LogP contribution in [0, 0.1) is 5.92 Å². The molecule has 6 nitrogen and oxygen atoms in total. The third kappa shape index (κ3) is 1.92. The second-order valence-corrected chi connectivity index (χ2v) is 4.29. The molecule has 1 fully saturated rings. The third-order valence-electron chi connectivity index (χ3n) is 2.88. The van der Waals surface area contributed by atoms with Crippen molar-refractivity contribution in [3.05, 3.63) is 11.6 Å². The van der Waals surface area contributed by atoms with Crippen molar-refractivity contribution in [2.75, 3.05) is 6.61 Å². The average Bonchev–Trinajstić information content (AvgIpc) is 2.96. The van der Waals surface area contributed by atoms with Gasteiger partial charge in [0.2, 0.25) is 0 Å². The number of carbonyl (C=O) groups is 1. The molecule has 1 heterocycles. The van der Waals surface area contributed by atoms with E-state index < -0.39 is 11.5 Å². The predicted octanol–water partition coefficient (Wildman–Crippen LogP) is 0.565. The van der Waals surface area contributed by atoms with Crippen LogP contribution in [0.25, 0.3) is 0 Å². The van der Waals surface area contributed by atoms with Crippen LogP contribution >= 0.6 is 0 Å². The van der Waals surface area contributed by atoms with Crippen molar-refractivity contribution in [1.82, 2.24) is 15.2 Å². The highest BCUT2D eigenvalue weighted by Crippen LogP contribution is 2.42. The Morgan fingerprint density at radius 3 is 2.94 bits per heavy atom. The smallest absolute Gasteiger partial charge is 0.378 e. The maximum Gasteiger partial charge on any atom is 0.378 e. The quantitative estimate of drug-likeness (QED) is 0.729. The van der Waals surface area contributed by atoms with Crippen molar-refractivity contribution in [1.29, 1.82) is 0 Å². The standard InChI is InChI=1S/C10H16N4O2/c1-3-16-8(15)7-12-9(14-13-7)10(2,11)6-4-5-6/h6H,3-5,11H2,1-2H3,(H,12,13,14). The van der Waals surface area contributed by atoms with Gasteiger partial charge in [-0.3, -0.25) is 5.10 Å². The zero-order valence-electron chi connectivity index (χ0n) is 9.49. The SMILES string of the molecule is CCOC(=O)c1n[nH]c(C(C)(N)C2CC2)n1. The van der Waals surface area contributed by atoms with Gasteiger partial charge < -0.3 is 10.5 Å². The normalized spacial score (nSPS) is 19.2. The topological polar surface area (TPSA) is 93.9 Å². The molecular formula is C10H16N4O2. The van der Waals surface area contributed by atoms with Crippen LogP contribution in [0.3, 0.4) is 0 Å². The number of nitrogens with zero attached hydrogens (tertiary/aromatic N) is 2. The molecule has 0 saturated heterocycles. The molecule has 0 bridgehead atoms. The maximum atomic E-state index is 11.4. The Labute approximate surface area is 93.6 Å². The molecule has 3 N–H and O–H groups in total. The fraction of sp³-hybridized carbons (Fsp3) is 0.700. The lowest BCUT2D eigenvalue weighted by molar-refractivity contribution is 0.0512. The number of nitrogens with two attached hydrogens (primary N) is 1. The molecular weight excluding hydrogens is 208 g/mol. The summed E-state index contributed by atoms with van der Waals surface area (Å²) in [5.41, 5.74) is 5.61. The first-order valence-corrected chi connectivity index (χ1v) is 5.44. The molecule has 16 heavy (non-hydrogen) atoms. The molecule has 0 aliphatic heterocycles. The Bertz CT molecular complexity index is 395. The highest BCUT2D eigenvalue weighted by molar-refractivity contribution is 5.84. The minimum absolute atomic E-state index is 0.0502. The number of H-pyrrole nitrogens is 1. The minimum atomic E-state index is -0.530. The lowest BCUT2D eigenvalue weighted by Crippen LogP contribution is -2.36. The van der Waals surface area contributed by atoms with Crippen LogP contribution in [0.15, 0.2) is 0 Å². The largest absolute Gasteiger partial charge is 0.460 e. The van der Waals surface area contributed by atoms with Crippen LogP contribution in [-0.4, -0.2) is 27.8 Å². The molecule has 1 unspecified atom stereocenters. The van der Waals surface area contributed by atoms with Crippen molar-refractivity contribution in [2.24, 2.45) is 11.7 Å². The van der Waals surface area contributed by atoms with Gasteiger partial charge in [0.15, 0.2) is 0 Å². The van der Waals surface area contributed by atoms with Crippen LogP contribution in [-0.2, 0) is 10.3 Å². The first-order chi connectivity index (χ1) is 7.55. The van der Waals surface area contributed by atoms with Crippen molar-refractivity contribution in [2.45, 2.75) is 32.2 Å². The Hall–Kier alpha value is -1.43. The summed E-state index contributed by atoms with van der Waals surface area (Å²) >= 11 is 0. The first-order valence-electron chi connectivity index (χ1n) is 5.44. The number of hydrogen-bond donors (Lipinski definition) is 2. The third-order valence-corrected chi connectivity index (χ3v) is 2.88. The molecule has 0 amide bonds. The summed E-state index contributed by atoms with van der Waals surface area (Å²) in [6.07, 6.45) is 2.20. The van der Waals surface area contributed by atoms with E-state index in [1.54, 1.807) is 6.92 Å². The first kappa shape index (κ1) is 11.1. The molecule has 1 aliphatic carbocycles. The molecule has 1 aliphatic rings. The summed E-state index contributed by atoms with van der Waals surface area (Å²) in [6.45, 7) is 3.95. The van der Waals surface area contributed by atoms with Gasteiger partial charge in [0.25, 0.3) is 5.82 Å². The number of ether oxygens (including phenoxy) is 1. The Morgan fingerprint density at radius 2 is 2.38 bits per heavy atom. The van der Waals surface area contributed by atoms with Gasteiger partial charge in [-0.25, -0.2) is 9.78 Å². The predicted molar refractivity (Wildman–Crippen MR) is 56.6 cm³/mol. The Kier molecular flexibility index (Phi) is 2.67. The van der Waals surface area contributed by atoms with Gasteiger partial charge in [-0.15, -0.1) is 5.10 Å². The lowest BCUT2D eigenvalue weighted by atomic mass is 9.97. The molecule has 6 heteroatoms. The van der Waals surface area contributed by atoms with E-state index in [-0.39, 0.29) is 5.82 Å². The van der Waals surface area contributed by atoms with E-state index in [9.17, 15) is 4.79 Å². The fourth-order valence-corrected chi connectivity index (χ4v) is 1.67. The maximum absolute atomic E-state index is 11.4. The summed E-state index contributed by atoms with van der Waals surface area (Å²) in [7, 11) is 0. The molecule has 1 saturated carbocycles. The zero-order valence-corrected chi connectivity index (χ0v) is 9.49. The fourth-order valence-electron chi connectivity index (χ4n) is 1.67. The summed E-state index contributed by atoms with van der Waals surface area (Å²) < 4.78 is 4.81. The van der Waals surface area contributed by atoms with Crippen molar-refractivity contribution in [3.63, 3.8) is 0 Å². The van der Waals surface area contributed by atoms with Crippen LogP contribution in [0.4, 0.5) is 0 Å². The second-order valence-electron chi connectivity index (χ2n) is 4.29. The Balaban J connectivity index is 2.15.